The number of thiophene rings is 1. The van der Waals surface area contributed by atoms with Crippen molar-refractivity contribution in [3.63, 3.8) is 0 Å². The van der Waals surface area contributed by atoms with E-state index in [1.165, 1.54) is 12.3 Å². The molecular weight excluding hydrogens is 224 g/mol. The molecule has 0 spiro atoms. The first kappa shape index (κ1) is 10.5. The second-order valence-corrected chi connectivity index (χ2v) is 3.54. The van der Waals surface area contributed by atoms with Crippen molar-refractivity contribution < 1.29 is 4.92 Å². The maximum atomic E-state index is 10.3. The molecule has 0 aliphatic rings. The number of thiocarbonyl (C=S) groups is 1. The fraction of sp³-hybridized carbons (Fsp3) is 0. The number of hydrogen-bond donors (Lipinski definition) is 2. The molecule has 0 aliphatic carbocycles. The number of hydrogen-bond acceptors (Lipinski definition) is 5. The van der Waals surface area contributed by atoms with Crippen LogP contribution in [0, 0.1) is 10.1 Å². The summed E-state index contributed by atoms with van der Waals surface area (Å²) in [4.78, 5) is 9.86. The molecular formula is C6H6N4O2S2. The van der Waals surface area contributed by atoms with Gasteiger partial charge in [-0.25, -0.2) is 0 Å². The molecule has 1 aromatic rings. The van der Waals surface area contributed by atoms with Crippen LogP contribution in [0.4, 0.5) is 5.00 Å². The number of nitro groups is 1. The SMILES string of the molecule is NC(=S)N/N=C/c1csc([N+](=O)[O-])c1. The topological polar surface area (TPSA) is 93.5 Å². The van der Waals surface area contributed by atoms with Gasteiger partial charge in [-0.15, -0.1) is 0 Å². The highest BCUT2D eigenvalue weighted by Crippen LogP contribution is 2.21. The molecule has 1 aromatic heterocycles. The fourth-order valence-corrected chi connectivity index (χ4v) is 1.40. The van der Waals surface area contributed by atoms with Gasteiger partial charge in [0.1, 0.15) is 0 Å². The summed E-state index contributed by atoms with van der Waals surface area (Å²) < 4.78 is 0. The second kappa shape index (κ2) is 4.63. The standard InChI is InChI=1S/C6H6N4O2S2/c7-6(13)9-8-2-4-1-5(10(11)12)14-3-4/h1-3H,(H3,7,9,13)/b8-2+. The van der Waals surface area contributed by atoms with Crippen LogP contribution < -0.4 is 11.2 Å². The Hall–Kier alpha value is -1.54. The number of nitrogens with one attached hydrogen (secondary N) is 1. The van der Waals surface area contributed by atoms with E-state index in [1.54, 1.807) is 5.38 Å². The summed E-state index contributed by atoms with van der Waals surface area (Å²) in [6, 6.07) is 1.41. The quantitative estimate of drug-likeness (QED) is 0.347. The third-order valence-corrected chi connectivity index (χ3v) is 2.16. The molecule has 74 valence electrons. The zero-order chi connectivity index (χ0) is 10.6. The highest BCUT2D eigenvalue weighted by atomic mass is 32.1. The summed E-state index contributed by atoms with van der Waals surface area (Å²) >= 11 is 5.54. The Kier molecular flexibility index (Phi) is 3.48. The first-order chi connectivity index (χ1) is 6.59. The Morgan fingerprint density at radius 3 is 3.07 bits per heavy atom. The van der Waals surface area contributed by atoms with Gasteiger partial charge in [0.25, 0.3) is 0 Å². The Bertz CT molecular complexity index is 387. The predicted octanol–water partition coefficient (Wildman–Crippen LogP) is 0.823. The van der Waals surface area contributed by atoms with Crippen molar-refractivity contribution in [1.29, 1.82) is 0 Å². The summed E-state index contributed by atoms with van der Waals surface area (Å²) in [5.74, 6) is 0. The Morgan fingerprint density at radius 2 is 2.57 bits per heavy atom. The highest BCUT2D eigenvalue weighted by molar-refractivity contribution is 7.80. The van der Waals surface area contributed by atoms with Gasteiger partial charge >= 0.3 is 5.00 Å². The molecule has 0 aromatic carbocycles. The zero-order valence-corrected chi connectivity index (χ0v) is 8.47. The lowest BCUT2D eigenvalue weighted by atomic mass is 10.4. The van der Waals surface area contributed by atoms with Gasteiger partial charge in [-0.2, -0.15) is 5.10 Å². The van der Waals surface area contributed by atoms with Gasteiger partial charge in [-0.1, -0.05) is 11.3 Å². The van der Waals surface area contributed by atoms with Crippen molar-refractivity contribution >= 4 is 39.9 Å². The molecule has 14 heavy (non-hydrogen) atoms. The van der Waals surface area contributed by atoms with Crippen LogP contribution in [0.5, 0.6) is 0 Å². The summed E-state index contributed by atoms with van der Waals surface area (Å²) in [5, 5.41) is 15.7. The lowest BCUT2D eigenvalue weighted by Crippen LogP contribution is -2.23. The van der Waals surface area contributed by atoms with E-state index in [9.17, 15) is 10.1 Å². The first-order valence-electron chi connectivity index (χ1n) is 3.41. The Morgan fingerprint density at radius 1 is 1.86 bits per heavy atom. The van der Waals surface area contributed by atoms with E-state index in [0.717, 1.165) is 11.3 Å². The van der Waals surface area contributed by atoms with Crippen LogP contribution in [0.25, 0.3) is 0 Å². The third-order valence-electron chi connectivity index (χ3n) is 1.17. The average molecular weight is 230 g/mol. The van der Waals surface area contributed by atoms with Gasteiger partial charge in [0.05, 0.1) is 11.1 Å². The summed E-state index contributed by atoms with van der Waals surface area (Å²) in [5.41, 5.74) is 8.09. The first-order valence-corrected chi connectivity index (χ1v) is 4.70. The van der Waals surface area contributed by atoms with E-state index in [-0.39, 0.29) is 10.1 Å². The zero-order valence-electron chi connectivity index (χ0n) is 6.84. The molecule has 0 atom stereocenters. The average Bonchev–Trinajstić information content (AvgIpc) is 2.52. The van der Waals surface area contributed by atoms with Crippen LogP contribution in [-0.2, 0) is 0 Å². The lowest BCUT2D eigenvalue weighted by Gasteiger charge is -1.91. The van der Waals surface area contributed by atoms with Crippen LogP contribution in [0.3, 0.4) is 0 Å². The molecule has 8 heteroatoms. The van der Waals surface area contributed by atoms with E-state index in [4.69, 9.17) is 5.73 Å². The Balaban J connectivity index is 2.64. The fourth-order valence-electron chi connectivity index (χ4n) is 0.673. The monoisotopic (exact) mass is 230 g/mol. The van der Waals surface area contributed by atoms with Crippen molar-refractivity contribution in [3.05, 3.63) is 27.1 Å². The minimum Gasteiger partial charge on any atom is -0.375 e. The van der Waals surface area contributed by atoms with Gasteiger partial charge in [-0.3, -0.25) is 15.5 Å². The van der Waals surface area contributed by atoms with Gasteiger partial charge in [0.2, 0.25) is 0 Å². The second-order valence-electron chi connectivity index (χ2n) is 2.21. The van der Waals surface area contributed by atoms with Gasteiger partial charge < -0.3 is 5.73 Å². The molecule has 0 saturated heterocycles. The van der Waals surface area contributed by atoms with E-state index in [0.29, 0.717) is 5.56 Å². The molecule has 0 unspecified atom stereocenters. The largest absolute Gasteiger partial charge is 0.375 e. The molecule has 0 aliphatic heterocycles. The molecule has 0 radical (unpaired) electrons. The van der Waals surface area contributed by atoms with E-state index in [2.05, 4.69) is 22.7 Å². The van der Waals surface area contributed by atoms with Crippen molar-refractivity contribution in [1.82, 2.24) is 5.43 Å². The maximum absolute atomic E-state index is 10.3. The molecule has 0 amide bonds. The van der Waals surface area contributed by atoms with Gasteiger partial charge in [0.15, 0.2) is 5.11 Å². The molecule has 3 N–H and O–H groups in total. The lowest BCUT2D eigenvalue weighted by molar-refractivity contribution is -0.380. The van der Waals surface area contributed by atoms with Crippen molar-refractivity contribution in [2.45, 2.75) is 0 Å². The number of nitrogens with zero attached hydrogens (tertiary/aromatic N) is 2. The van der Waals surface area contributed by atoms with Crippen LogP contribution >= 0.6 is 23.6 Å². The molecule has 6 nitrogen and oxygen atoms in total. The summed E-state index contributed by atoms with van der Waals surface area (Å²) in [7, 11) is 0. The van der Waals surface area contributed by atoms with Crippen molar-refractivity contribution in [2.75, 3.05) is 0 Å². The van der Waals surface area contributed by atoms with Crippen molar-refractivity contribution in [2.24, 2.45) is 10.8 Å². The van der Waals surface area contributed by atoms with Crippen LogP contribution in [-0.4, -0.2) is 16.3 Å². The predicted molar refractivity (Wildman–Crippen MR) is 58.5 cm³/mol. The normalized spacial score (nSPS) is 10.3. The van der Waals surface area contributed by atoms with E-state index in [1.807, 2.05) is 0 Å². The molecule has 0 saturated carbocycles. The van der Waals surface area contributed by atoms with Crippen molar-refractivity contribution in [3.8, 4) is 0 Å². The van der Waals surface area contributed by atoms with Crippen LogP contribution in [0.1, 0.15) is 5.56 Å². The molecule has 1 rings (SSSR count). The minimum absolute atomic E-state index is 0.0472. The smallest absolute Gasteiger partial charge is 0.324 e. The van der Waals surface area contributed by atoms with Crippen LogP contribution in [0.2, 0.25) is 0 Å². The summed E-state index contributed by atoms with van der Waals surface area (Å²) in [6.07, 6.45) is 1.41. The highest BCUT2D eigenvalue weighted by Gasteiger charge is 2.07. The molecule has 0 bridgehead atoms. The van der Waals surface area contributed by atoms with E-state index < -0.39 is 4.92 Å². The van der Waals surface area contributed by atoms with Gasteiger partial charge in [0, 0.05) is 17.0 Å². The molecule has 0 fully saturated rings. The Labute approximate surface area is 88.6 Å². The maximum Gasteiger partial charge on any atom is 0.324 e. The third kappa shape index (κ3) is 3.07. The molecule has 1 heterocycles. The van der Waals surface area contributed by atoms with Gasteiger partial charge in [-0.05, 0) is 12.2 Å². The number of rotatable bonds is 3. The number of hydrazone groups is 1. The van der Waals surface area contributed by atoms with E-state index >= 15 is 0 Å². The van der Waals surface area contributed by atoms with Crippen LogP contribution in [0.15, 0.2) is 16.5 Å². The summed E-state index contributed by atoms with van der Waals surface area (Å²) in [6.45, 7) is 0. The minimum atomic E-state index is -0.455. The number of nitrogens with two attached hydrogens (primary N) is 1.